The third-order valence-electron chi connectivity index (χ3n) is 3.43. The van der Waals surface area contributed by atoms with Crippen LogP contribution in [0.2, 0.25) is 0 Å². The molecule has 0 aliphatic carbocycles. The summed E-state index contributed by atoms with van der Waals surface area (Å²) in [5.74, 6) is 0.854. The van der Waals surface area contributed by atoms with Gasteiger partial charge in [-0.2, -0.15) is 5.10 Å². The maximum absolute atomic E-state index is 9.60. The van der Waals surface area contributed by atoms with Crippen LogP contribution in [0.15, 0.2) is 41.4 Å². The zero-order valence-electron chi connectivity index (χ0n) is 12.3. The van der Waals surface area contributed by atoms with Gasteiger partial charge in [0.25, 0.3) is 0 Å². The van der Waals surface area contributed by atoms with E-state index in [1.807, 2.05) is 22.9 Å². The maximum Gasteiger partial charge on any atom is 0.0762 e. The molecule has 1 heterocycles. The van der Waals surface area contributed by atoms with E-state index < -0.39 is 6.10 Å². The molecule has 0 saturated heterocycles. The van der Waals surface area contributed by atoms with Crippen LogP contribution in [0.5, 0.6) is 0 Å². The van der Waals surface area contributed by atoms with Gasteiger partial charge in [-0.15, -0.1) is 11.8 Å². The summed E-state index contributed by atoms with van der Waals surface area (Å²) in [7, 11) is 0. The molecule has 0 aliphatic heterocycles. The van der Waals surface area contributed by atoms with Gasteiger partial charge < -0.3 is 5.11 Å². The molecule has 2 rings (SSSR count). The van der Waals surface area contributed by atoms with E-state index in [4.69, 9.17) is 0 Å². The third kappa shape index (κ3) is 3.87. The molecule has 0 saturated carbocycles. The van der Waals surface area contributed by atoms with Crippen molar-refractivity contribution in [3.63, 3.8) is 0 Å². The van der Waals surface area contributed by atoms with E-state index in [9.17, 15) is 5.11 Å². The van der Waals surface area contributed by atoms with Crippen LogP contribution < -0.4 is 0 Å². The SMILES string of the molecule is CCC(C)n1ccc(CSc2cccc(C(C)O)c2)n1. The van der Waals surface area contributed by atoms with E-state index in [0.29, 0.717) is 6.04 Å². The first-order valence-electron chi connectivity index (χ1n) is 7.05. The lowest BCUT2D eigenvalue weighted by atomic mass is 10.1. The molecule has 2 unspecified atom stereocenters. The Morgan fingerprint density at radius 2 is 2.10 bits per heavy atom. The largest absolute Gasteiger partial charge is 0.389 e. The molecule has 0 amide bonds. The fourth-order valence-electron chi connectivity index (χ4n) is 1.91. The molecule has 0 radical (unpaired) electrons. The highest BCUT2D eigenvalue weighted by Gasteiger charge is 2.06. The zero-order chi connectivity index (χ0) is 14.5. The van der Waals surface area contributed by atoms with Crippen LogP contribution in [-0.4, -0.2) is 14.9 Å². The number of nitrogens with zero attached hydrogens (tertiary/aromatic N) is 2. The van der Waals surface area contributed by atoms with Crippen LogP contribution in [0, 0.1) is 0 Å². The number of benzene rings is 1. The monoisotopic (exact) mass is 290 g/mol. The van der Waals surface area contributed by atoms with Gasteiger partial charge in [0.2, 0.25) is 0 Å². The van der Waals surface area contributed by atoms with E-state index in [1.54, 1.807) is 18.7 Å². The molecule has 3 nitrogen and oxygen atoms in total. The van der Waals surface area contributed by atoms with Crippen molar-refractivity contribution in [1.29, 1.82) is 0 Å². The Morgan fingerprint density at radius 3 is 2.80 bits per heavy atom. The Kier molecular flexibility index (Phi) is 5.26. The number of rotatable bonds is 6. The van der Waals surface area contributed by atoms with Gasteiger partial charge in [0.1, 0.15) is 0 Å². The Morgan fingerprint density at radius 1 is 1.30 bits per heavy atom. The fraction of sp³-hybridized carbons (Fsp3) is 0.438. The minimum absolute atomic E-state index is 0.417. The average molecular weight is 290 g/mol. The normalized spacial score (nSPS) is 14.2. The number of aliphatic hydroxyl groups excluding tert-OH is 1. The molecule has 1 N–H and O–H groups in total. The Bertz CT molecular complexity index is 551. The number of aromatic nitrogens is 2. The van der Waals surface area contributed by atoms with Gasteiger partial charge in [0.15, 0.2) is 0 Å². The van der Waals surface area contributed by atoms with Gasteiger partial charge >= 0.3 is 0 Å². The van der Waals surface area contributed by atoms with Gasteiger partial charge in [0, 0.05) is 22.9 Å². The molecule has 0 spiro atoms. The van der Waals surface area contributed by atoms with Gasteiger partial charge in [-0.05, 0) is 44.0 Å². The Balaban J connectivity index is 1.98. The fourth-order valence-corrected chi connectivity index (χ4v) is 2.77. The summed E-state index contributed by atoms with van der Waals surface area (Å²) >= 11 is 1.75. The molecule has 1 aromatic heterocycles. The molecular weight excluding hydrogens is 268 g/mol. The van der Waals surface area contributed by atoms with Crippen LogP contribution in [0.4, 0.5) is 0 Å². The minimum atomic E-state index is -0.417. The summed E-state index contributed by atoms with van der Waals surface area (Å²) in [5, 5.41) is 14.2. The molecule has 20 heavy (non-hydrogen) atoms. The predicted molar refractivity (Wildman–Crippen MR) is 83.9 cm³/mol. The number of hydrogen-bond donors (Lipinski definition) is 1. The molecule has 2 atom stereocenters. The lowest BCUT2D eigenvalue weighted by molar-refractivity contribution is 0.199. The predicted octanol–water partition coefficient (Wildman–Crippen LogP) is 4.20. The van der Waals surface area contributed by atoms with Gasteiger partial charge in [-0.3, -0.25) is 4.68 Å². The van der Waals surface area contributed by atoms with E-state index in [-0.39, 0.29) is 0 Å². The Labute approximate surface area is 125 Å². The molecule has 0 bridgehead atoms. The number of hydrogen-bond acceptors (Lipinski definition) is 3. The standard InChI is InChI=1S/C16H22N2OS/c1-4-12(2)18-9-8-15(17-18)11-20-16-7-5-6-14(10-16)13(3)19/h5-10,12-13,19H,4,11H2,1-3H3. The highest BCUT2D eigenvalue weighted by Crippen LogP contribution is 2.25. The van der Waals surface area contributed by atoms with Crippen LogP contribution in [0.1, 0.15) is 50.6 Å². The van der Waals surface area contributed by atoms with Gasteiger partial charge in [-0.25, -0.2) is 0 Å². The molecule has 2 aromatic rings. The van der Waals surface area contributed by atoms with E-state index in [1.165, 1.54) is 4.90 Å². The molecule has 0 fully saturated rings. The zero-order valence-corrected chi connectivity index (χ0v) is 13.1. The third-order valence-corrected chi connectivity index (χ3v) is 4.46. The highest BCUT2D eigenvalue weighted by molar-refractivity contribution is 7.98. The van der Waals surface area contributed by atoms with Crippen molar-refractivity contribution in [3.8, 4) is 0 Å². The van der Waals surface area contributed by atoms with Gasteiger partial charge in [0.05, 0.1) is 11.8 Å². The van der Waals surface area contributed by atoms with Crippen molar-refractivity contribution in [2.75, 3.05) is 0 Å². The molecular formula is C16H22N2OS. The van der Waals surface area contributed by atoms with Crippen molar-refractivity contribution in [3.05, 3.63) is 47.8 Å². The topological polar surface area (TPSA) is 38.0 Å². The number of aliphatic hydroxyl groups is 1. The van der Waals surface area contributed by atoms with Crippen molar-refractivity contribution < 1.29 is 5.11 Å². The van der Waals surface area contributed by atoms with Gasteiger partial charge in [-0.1, -0.05) is 19.1 Å². The van der Waals surface area contributed by atoms with E-state index in [2.05, 4.69) is 37.3 Å². The summed E-state index contributed by atoms with van der Waals surface area (Å²) in [6.45, 7) is 6.13. The lowest BCUT2D eigenvalue weighted by Gasteiger charge is -2.08. The van der Waals surface area contributed by atoms with Crippen molar-refractivity contribution in [1.82, 2.24) is 9.78 Å². The van der Waals surface area contributed by atoms with Crippen molar-refractivity contribution in [2.24, 2.45) is 0 Å². The van der Waals surface area contributed by atoms with Crippen LogP contribution in [0.25, 0.3) is 0 Å². The molecule has 4 heteroatoms. The van der Waals surface area contributed by atoms with Crippen molar-refractivity contribution >= 4 is 11.8 Å². The molecule has 1 aromatic carbocycles. The first kappa shape index (κ1) is 15.1. The summed E-state index contributed by atoms with van der Waals surface area (Å²) in [6.07, 6.45) is 2.72. The Hall–Kier alpha value is -1.26. The van der Waals surface area contributed by atoms with Crippen LogP contribution in [0.3, 0.4) is 0 Å². The number of thioether (sulfide) groups is 1. The smallest absolute Gasteiger partial charge is 0.0762 e. The summed E-state index contributed by atoms with van der Waals surface area (Å²) in [6, 6.07) is 10.6. The highest BCUT2D eigenvalue weighted by atomic mass is 32.2. The summed E-state index contributed by atoms with van der Waals surface area (Å²) in [5.41, 5.74) is 2.05. The second-order valence-electron chi connectivity index (χ2n) is 5.08. The van der Waals surface area contributed by atoms with Crippen molar-refractivity contribution in [2.45, 2.75) is 50.0 Å². The average Bonchev–Trinajstić information content (AvgIpc) is 2.93. The minimum Gasteiger partial charge on any atom is -0.389 e. The summed E-state index contributed by atoms with van der Waals surface area (Å²) < 4.78 is 2.03. The maximum atomic E-state index is 9.60. The quantitative estimate of drug-likeness (QED) is 0.810. The molecule has 0 aliphatic rings. The second kappa shape index (κ2) is 6.95. The molecule has 108 valence electrons. The first-order valence-corrected chi connectivity index (χ1v) is 8.03. The second-order valence-corrected chi connectivity index (χ2v) is 6.13. The van der Waals surface area contributed by atoms with Crippen LogP contribution in [-0.2, 0) is 5.75 Å². The lowest BCUT2D eigenvalue weighted by Crippen LogP contribution is -2.04. The van der Waals surface area contributed by atoms with E-state index in [0.717, 1.165) is 23.4 Å². The van der Waals surface area contributed by atoms with E-state index >= 15 is 0 Å². The summed E-state index contributed by atoms with van der Waals surface area (Å²) in [4.78, 5) is 1.17. The van der Waals surface area contributed by atoms with Crippen LogP contribution >= 0.6 is 11.8 Å². The first-order chi connectivity index (χ1) is 9.60.